The van der Waals surface area contributed by atoms with Crippen LogP contribution < -0.4 is 5.73 Å². The van der Waals surface area contributed by atoms with Crippen LogP contribution in [0.5, 0.6) is 0 Å². The van der Waals surface area contributed by atoms with E-state index in [4.69, 9.17) is 5.73 Å². The first-order valence-corrected chi connectivity index (χ1v) is 5.88. The number of hydrogen-bond acceptors (Lipinski definition) is 3. The molecule has 0 spiro atoms. The second-order valence-electron chi connectivity index (χ2n) is 3.54. The van der Waals surface area contributed by atoms with Gasteiger partial charge in [-0.15, -0.1) is 0 Å². The Morgan fingerprint density at radius 1 is 1.50 bits per heavy atom. The molecular formula is C8H17NO2S. The molecule has 0 aromatic heterocycles. The van der Waals surface area contributed by atoms with Gasteiger partial charge in [0.25, 0.3) is 0 Å². The number of nitrogens with two attached hydrogens (primary N) is 1. The minimum Gasteiger partial charge on any atom is -0.391 e. The fourth-order valence-electron chi connectivity index (χ4n) is 1.58. The van der Waals surface area contributed by atoms with Gasteiger partial charge >= 0.3 is 0 Å². The molecule has 0 aromatic carbocycles. The van der Waals surface area contributed by atoms with Crippen LogP contribution in [0.4, 0.5) is 0 Å². The molecule has 1 saturated heterocycles. The van der Waals surface area contributed by atoms with Crippen molar-refractivity contribution in [1.82, 2.24) is 0 Å². The highest BCUT2D eigenvalue weighted by molar-refractivity contribution is 7.85. The van der Waals surface area contributed by atoms with Crippen LogP contribution in [0.25, 0.3) is 0 Å². The summed E-state index contributed by atoms with van der Waals surface area (Å²) in [5.74, 6) is 1.73. The zero-order valence-electron chi connectivity index (χ0n) is 7.40. The molecule has 1 heterocycles. The molecule has 0 bridgehead atoms. The maximum absolute atomic E-state index is 11.0. The van der Waals surface area contributed by atoms with Crippen molar-refractivity contribution in [3.8, 4) is 0 Å². The van der Waals surface area contributed by atoms with E-state index >= 15 is 0 Å². The molecule has 2 atom stereocenters. The normalized spacial score (nSPS) is 35.9. The first kappa shape index (κ1) is 10.2. The van der Waals surface area contributed by atoms with E-state index in [2.05, 4.69) is 0 Å². The Balaban J connectivity index is 2.38. The standard InChI is InChI=1S/C8H17NO2S/c1-6(9)8(10)7-2-4-12(11)5-3-7/h6-8,10H,2-5,9H2,1H3. The fourth-order valence-corrected chi connectivity index (χ4v) is 2.92. The predicted octanol–water partition coefficient (Wildman–Crippen LogP) is -0.147. The van der Waals surface area contributed by atoms with Crippen LogP contribution in [0.1, 0.15) is 19.8 Å². The van der Waals surface area contributed by atoms with E-state index in [0.29, 0.717) is 0 Å². The van der Waals surface area contributed by atoms with Gasteiger partial charge in [0.05, 0.1) is 6.10 Å². The Morgan fingerprint density at radius 2 is 2.00 bits per heavy atom. The third-order valence-electron chi connectivity index (χ3n) is 2.45. The Morgan fingerprint density at radius 3 is 2.42 bits per heavy atom. The molecule has 12 heavy (non-hydrogen) atoms. The van der Waals surface area contributed by atoms with Crippen LogP contribution in [0, 0.1) is 5.92 Å². The second-order valence-corrected chi connectivity index (χ2v) is 5.23. The lowest BCUT2D eigenvalue weighted by atomic mass is 9.92. The van der Waals surface area contributed by atoms with Crippen LogP contribution in [0.3, 0.4) is 0 Å². The predicted molar refractivity (Wildman–Crippen MR) is 50.3 cm³/mol. The summed E-state index contributed by atoms with van der Waals surface area (Å²) in [7, 11) is -0.643. The molecule has 3 nitrogen and oxygen atoms in total. The molecule has 0 amide bonds. The zero-order valence-corrected chi connectivity index (χ0v) is 8.22. The molecule has 0 radical (unpaired) electrons. The lowest BCUT2D eigenvalue weighted by Crippen LogP contribution is -2.40. The van der Waals surface area contributed by atoms with Gasteiger partial charge in [0.1, 0.15) is 0 Å². The number of aliphatic hydroxyl groups excluding tert-OH is 1. The van der Waals surface area contributed by atoms with Gasteiger partial charge in [-0.3, -0.25) is 4.21 Å². The number of hydrogen-bond donors (Lipinski definition) is 2. The van der Waals surface area contributed by atoms with Gasteiger partial charge in [-0.05, 0) is 25.7 Å². The summed E-state index contributed by atoms with van der Waals surface area (Å²) in [5, 5.41) is 9.61. The molecular weight excluding hydrogens is 174 g/mol. The maximum atomic E-state index is 11.0. The monoisotopic (exact) mass is 191 g/mol. The van der Waals surface area contributed by atoms with Crippen LogP contribution >= 0.6 is 0 Å². The van der Waals surface area contributed by atoms with E-state index in [1.54, 1.807) is 0 Å². The van der Waals surface area contributed by atoms with Gasteiger partial charge in [0.15, 0.2) is 0 Å². The van der Waals surface area contributed by atoms with E-state index in [1.165, 1.54) is 0 Å². The highest BCUT2D eigenvalue weighted by Crippen LogP contribution is 2.21. The van der Waals surface area contributed by atoms with E-state index in [0.717, 1.165) is 24.3 Å². The van der Waals surface area contributed by atoms with Gasteiger partial charge in [-0.1, -0.05) is 0 Å². The van der Waals surface area contributed by atoms with Gasteiger partial charge < -0.3 is 10.8 Å². The first-order valence-electron chi connectivity index (χ1n) is 4.40. The summed E-state index contributed by atoms with van der Waals surface area (Å²) in [6, 6.07) is -0.165. The second kappa shape index (κ2) is 4.35. The van der Waals surface area contributed by atoms with Crippen molar-refractivity contribution in [2.24, 2.45) is 11.7 Å². The van der Waals surface area contributed by atoms with Crippen LogP contribution in [-0.4, -0.2) is 33.0 Å². The topological polar surface area (TPSA) is 63.3 Å². The Kier molecular flexibility index (Phi) is 3.68. The molecule has 0 aliphatic carbocycles. The minimum absolute atomic E-state index is 0.165. The van der Waals surface area contributed by atoms with E-state index in [1.807, 2.05) is 6.92 Å². The quantitative estimate of drug-likeness (QED) is 0.638. The molecule has 72 valence electrons. The first-order chi connectivity index (χ1) is 5.61. The van der Waals surface area contributed by atoms with Crippen LogP contribution in [0.15, 0.2) is 0 Å². The highest BCUT2D eigenvalue weighted by Gasteiger charge is 2.26. The number of aliphatic hydroxyl groups is 1. The summed E-state index contributed by atoms with van der Waals surface area (Å²) in [6.07, 6.45) is 1.30. The van der Waals surface area contributed by atoms with Crippen molar-refractivity contribution < 1.29 is 9.32 Å². The van der Waals surface area contributed by atoms with Crippen molar-refractivity contribution in [1.29, 1.82) is 0 Å². The van der Waals surface area contributed by atoms with Crippen molar-refractivity contribution >= 4 is 10.8 Å². The largest absolute Gasteiger partial charge is 0.391 e. The highest BCUT2D eigenvalue weighted by atomic mass is 32.2. The molecule has 1 fully saturated rings. The average Bonchev–Trinajstić information content (AvgIpc) is 2.04. The fraction of sp³-hybridized carbons (Fsp3) is 1.00. The molecule has 2 unspecified atom stereocenters. The van der Waals surface area contributed by atoms with E-state index < -0.39 is 16.9 Å². The molecule has 4 heteroatoms. The smallest absolute Gasteiger partial charge is 0.0717 e. The SMILES string of the molecule is CC(N)C(O)C1CCS(=O)CC1. The summed E-state index contributed by atoms with van der Waals surface area (Å²) in [4.78, 5) is 0. The van der Waals surface area contributed by atoms with Crippen molar-refractivity contribution in [3.63, 3.8) is 0 Å². The maximum Gasteiger partial charge on any atom is 0.0717 e. The van der Waals surface area contributed by atoms with Gasteiger partial charge in [0, 0.05) is 28.3 Å². The lowest BCUT2D eigenvalue weighted by molar-refractivity contribution is 0.0823. The average molecular weight is 191 g/mol. The van der Waals surface area contributed by atoms with Crippen molar-refractivity contribution in [2.75, 3.05) is 11.5 Å². The third kappa shape index (κ3) is 2.54. The Labute approximate surface area is 75.8 Å². The Bertz CT molecular complexity index is 162. The van der Waals surface area contributed by atoms with E-state index in [9.17, 15) is 9.32 Å². The summed E-state index contributed by atoms with van der Waals surface area (Å²) in [5.41, 5.74) is 5.58. The summed E-state index contributed by atoms with van der Waals surface area (Å²) in [6.45, 7) is 1.82. The molecule has 3 N–H and O–H groups in total. The number of rotatable bonds is 2. The molecule has 0 aromatic rings. The minimum atomic E-state index is -0.643. The van der Waals surface area contributed by atoms with Gasteiger partial charge in [-0.25, -0.2) is 0 Å². The zero-order chi connectivity index (χ0) is 9.14. The van der Waals surface area contributed by atoms with Crippen LogP contribution in [-0.2, 0) is 10.8 Å². The lowest BCUT2D eigenvalue weighted by Gasteiger charge is -2.28. The van der Waals surface area contributed by atoms with Crippen LogP contribution in [0.2, 0.25) is 0 Å². The van der Waals surface area contributed by atoms with Crippen molar-refractivity contribution in [2.45, 2.75) is 31.9 Å². The summed E-state index contributed by atoms with van der Waals surface area (Å²) < 4.78 is 11.0. The van der Waals surface area contributed by atoms with Gasteiger partial charge in [0.2, 0.25) is 0 Å². The summed E-state index contributed by atoms with van der Waals surface area (Å²) >= 11 is 0. The molecule has 0 saturated carbocycles. The third-order valence-corrected chi connectivity index (χ3v) is 3.84. The molecule has 1 aliphatic heterocycles. The Hall–Kier alpha value is 0.0700. The molecule has 1 aliphatic rings. The molecule has 1 rings (SSSR count). The van der Waals surface area contributed by atoms with Gasteiger partial charge in [-0.2, -0.15) is 0 Å². The van der Waals surface area contributed by atoms with E-state index in [-0.39, 0.29) is 12.0 Å². The van der Waals surface area contributed by atoms with Crippen molar-refractivity contribution in [3.05, 3.63) is 0 Å².